The Balaban J connectivity index is 2.30. The van der Waals surface area contributed by atoms with Crippen molar-refractivity contribution in [2.75, 3.05) is 5.75 Å². The molecule has 49 valence electrons. The molecule has 9 heavy (non-hydrogen) atoms. The highest BCUT2D eigenvalue weighted by Crippen LogP contribution is 2.15. The van der Waals surface area contributed by atoms with Gasteiger partial charge in [-0.15, -0.1) is 23.1 Å². The summed E-state index contributed by atoms with van der Waals surface area (Å²) in [4.78, 5) is 4.10. The molecule has 0 amide bonds. The van der Waals surface area contributed by atoms with E-state index in [1.54, 1.807) is 23.1 Å². The van der Waals surface area contributed by atoms with Crippen LogP contribution in [0.1, 0.15) is 11.9 Å². The van der Waals surface area contributed by atoms with Gasteiger partial charge in [0.1, 0.15) is 5.01 Å². The summed E-state index contributed by atoms with van der Waals surface area (Å²) in [5.41, 5.74) is 0. The molecule has 0 fully saturated rings. The quantitative estimate of drug-likeness (QED) is 0.670. The molecule has 0 bridgehead atoms. The van der Waals surface area contributed by atoms with Crippen LogP contribution in [0.4, 0.5) is 0 Å². The topological polar surface area (TPSA) is 12.9 Å². The standard InChI is InChI=1S/C6H8NS2/c1-2-8-5-6-7-3-4-9-6/h3-5H,2H2,1H3. The van der Waals surface area contributed by atoms with E-state index in [0.717, 1.165) is 10.8 Å². The maximum atomic E-state index is 4.10. The van der Waals surface area contributed by atoms with E-state index in [1.165, 1.54) is 0 Å². The number of thiazole rings is 1. The van der Waals surface area contributed by atoms with Crippen molar-refractivity contribution in [2.24, 2.45) is 0 Å². The lowest BCUT2D eigenvalue weighted by Gasteiger charge is -1.88. The van der Waals surface area contributed by atoms with Crippen LogP contribution in [0.5, 0.6) is 0 Å². The smallest absolute Gasteiger partial charge is 0.107 e. The molecule has 0 unspecified atom stereocenters. The molecule has 0 aliphatic rings. The first-order chi connectivity index (χ1) is 4.43. The molecule has 1 radical (unpaired) electrons. The highest BCUT2D eigenvalue weighted by Gasteiger charge is 1.92. The molecule has 1 heterocycles. The van der Waals surface area contributed by atoms with Crippen LogP contribution in [0.2, 0.25) is 0 Å². The number of thioether (sulfide) groups is 1. The van der Waals surface area contributed by atoms with Crippen LogP contribution in [0.25, 0.3) is 0 Å². The van der Waals surface area contributed by atoms with Gasteiger partial charge in [0.25, 0.3) is 0 Å². The number of hydrogen-bond donors (Lipinski definition) is 0. The van der Waals surface area contributed by atoms with Gasteiger partial charge in [0, 0.05) is 11.6 Å². The Morgan fingerprint density at radius 1 is 1.89 bits per heavy atom. The minimum Gasteiger partial charge on any atom is -0.248 e. The molecule has 0 aliphatic heterocycles. The second-order valence-corrected chi connectivity index (χ2v) is 3.52. The maximum absolute atomic E-state index is 4.10. The van der Waals surface area contributed by atoms with Gasteiger partial charge in [-0.05, 0) is 5.75 Å². The molecule has 0 saturated carbocycles. The van der Waals surface area contributed by atoms with E-state index < -0.39 is 0 Å². The van der Waals surface area contributed by atoms with Crippen molar-refractivity contribution in [3.05, 3.63) is 22.3 Å². The van der Waals surface area contributed by atoms with Crippen molar-refractivity contribution >= 4 is 23.1 Å². The molecule has 0 aliphatic carbocycles. The van der Waals surface area contributed by atoms with E-state index >= 15 is 0 Å². The van der Waals surface area contributed by atoms with Crippen LogP contribution in [0, 0.1) is 5.75 Å². The second-order valence-electron chi connectivity index (χ2n) is 1.44. The first-order valence-electron chi connectivity index (χ1n) is 2.78. The van der Waals surface area contributed by atoms with E-state index in [1.807, 2.05) is 11.6 Å². The zero-order valence-electron chi connectivity index (χ0n) is 5.20. The Labute approximate surface area is 63.5 Å². The SMILES string of the molecule is CCS[CH]c1nccs1. The van der Waals surface area contributed by atoms with E-state index in [0.29, 0.717) is 0 Å². The Morgan fingerprint density at radius 2 is 2.78 bits per heavy atom. The third kappa shape index (κ3) is 2.37. The van der Waals surface area contributed by atoms with Crippen LogP contribution in [0.15, 0.2) is 11.6 Å². The molecule has 1 rings (SSSR count). The van der Waals surface area contributed by atoms with Crippen molar-refractivity contribution in [1.29, 1.82) is 0 Å². The molecule has 1 aromatic rings. The Hall–Kier alpha value is -0.0200. The number of nitrogens with zero attached hydrogens (tertiary/aromatic N) is 1. The van der Waals surface area contributed by atoms with Gasteiger partial charge in [-0.3, -0.25) is 0 Å². The van der Waals surface area contributed by atoms with E-state index in [2.05, 4.69) is 17.7 Å². The lowest BCUT2D eigenvalue weighted by molar-refractivity contribution is 1.36. The predicted molar refractivity (Wildman–Crippen MR) is 43.6 cm³/mol. The van der Waals surface area contributed by atoms with Crippen molar-refractivity contribution in [3.8, 4) is 0 Å². The van der Waals surface area contributed by atoms with E-state index in [4.69, 9.17) is 0 Å². The normalized spacial score (nSPS) is 9.89. The van der Waals surface area contributed by atoms with Gasteiger partial charge >= 0.3 is 0 Å². The van der Waals surface area contributed by atoms with Crippen molar-refractivity contribution < 1.29 is 0 Å². The summed E-state index contributed by atoms with van der Waals surface area (Å²) in [6, 6.07) is 0. The average molecular weight is 158 g/mol. The van der Waals surface area contributed by atoms with Crippen molar-refractivity contribution in [3.63, 3.8) is 0 Å². The van der Waals surface area contributed by atoms with Gasteiger partial charge in [0.15, 0.2) is 0 Å². The fraction of sp³-hybridized carbons (Fsp3) is 0.333. The average Bonchev–Trinajstić information content (AvgIpc) is 2.34. The fourth-order valence-corrected chi connectivity index (χ4v) is 1.63. The monoisotopic (exact) mass is 158 g/mol. The van der Waals surface area contributed by atoms with Crippen LogP contribution in [-0.2, 0) is 0 Å². The minimum atomic E-state index is 1.11. The summed E-state index contributed by atoms with van der Waals surface area (Å²) in [5, 5.41) is 3.10. The minimum absolute atomic E-state index is 1.11. The molecule has 0 spiro atoms. The molecule has 1 aromatic heterocycles. The van der Waals surface area contributed by atoms with Crippen LogP contribution < -0.4 is 0 Å². The van der Waals surface area contributed by atoms with Gasteiger partial charge < -0.3 is 0 Å². The zero-order valence-corrected chi connectivity index (χ0v) is 6.84. The molecule has 0 atom stereocenters. The maximum Gasteiger partial charge on any atom is 0.107 e. The Kier molecular flexibility index (Phi) is 3.08. The summed E-state index contributed by atoms with van der Waals surface area (Å²) in [5.74, 6) is 3.21. The third-order valence-electron chi connectivity index (χ3n) is 0.802. The van der Waals surface area contributed by atoms with Gasteiger partial charge in [-0.1, -0.05) is 6.92 Å². The lowest BCUT2D eigenvalue weighted by Crippen LogP contribution is -1.72. The Morgan fingerprint density at radius 3 is 3.33 bits per heavy atom. The summed E-state index contributed by atoms with van der Waals surface area (Å²) >= 11 is 3.46. The first kappa shape index (κ1) is 7.09. The fourth-order valence-electron chi connectivity index (χ4n) is 0.447. The molecular formula is C6H8NS2. The predicted octanol–water partition coefficient (Wildman–Crippen LogP) is 2.41. The first-order valence-corrected chi connectivity index (χ1v) is 4.70. The molecule has 1 nitrogen and oxygen atoms in total. The summed E-state index contributed by atoms with van der Waals surface area (Å²) < 4.78 is 0. The lowest BCUT2D eigenvalue weighted by atomic mass is 10.8. The number of rotatable bonds is 3. The van der Waals surface area contributed by atoms with Crippen molar-refractivity contribution in [1.82, 2.24) is 4.98 Å². The van der Waals surface area contributed by atoms with Crippen LogP contribution in [-0.4, -0.2) is 10.7 Å². The van der Waals surface area contributed by atoms with Gasteiger partial charge in [-0.2, -0.15) is 0 Å². The van der Waals surface area contributed by atoms with Gasteiger partial charge in [-0.25, -0.2) is 4.98 Å². The summed E-state index contributed by atoms with van der Waals surface area (Å²) in [7, 11) is 0. The molecular weight excluding hydrogens is 150 g/mol. The highest BCUT2D eigenvalue weighted by molar-refractivity contribution is 8.01. The van der Waals surface area contributed by atoms with Crippen LogP contribution >= 0.6 is 23.1 Å². The third-order valence-corrected chi connectivity index (χ3v) is 2.40. The number of aromatic nitrogens is 1. The summed E-state index contributed by atoms with van der Waals surface area (Å²) in [6.45, 7) is 2.13. The van der Waals surface area contributed by atoms with E-state index in [-0.39, 0.29) is 0 Å². The number of hydrogen-bond acceptors (Lipinski definition) is 3. The van der Waals surface area contributed by atoms with Crippen LogP contribution in [0.3, 0.4) is 0 Å². The summed E-state index contributed by atoms with van der Waals surface area (Å²) in [6.07, 6.45) is 1.83. The zero-order chi connectivity index (χ0) is 6.53. The van der Waals surface area contributed by atoms with E-state index in [9.17, 15) is 0 Å². The van der Waals surface area contributed by atoms with Crippen molar-refractivity contribution in [2.45, 2.75) is 6.92 Å². The van der Waals surface area contributed by atoms with Gasteiger partial charge in [0.05, 0.1) is 5.75 Å². The second kappa shape index (κ2) is 3.90. The molecule has 0 aromatic carbocycles. The highest BCUT2D eigenvalue weighted by atomic mass is 32.2. The Bertz CT molecular complexity index is 148. The van der Waals surface area contributed by atoms with Gasteiger partial charge in [0.2, 0.25) is 0 Å². The molecule has 0 saturated heterocycles. The largest absolute Gasteiger partial charge is 0.248 e. The molecule has 3 heteroatoms. The molecule has 0 N–H and O–H groups in total.